The molecule has 2 N–H and O–H groups in total. The fraction of sp³-hybridized carbons (Fsp3) is 0.517. The number of H-pyrrole nitrogens is 1. The minimum atomic E-state index is 0.320. The summed E-state index contributed by atoms with van der Waals surface area (Å²) in [5.41, 5.74) is 6.86. The van der Waals surface area contributed by atoms with E-state index in [9.17, 15) is 0 Å². The Morgan fingerprint density at radius 1 is 0.909 bits per heavy atom. The van der Waals surface area contributed by atoms with Crippen LogP contribution in [-0.2, 0) is 6.42 Å². The van der Waals surface area contributed by atoms with Gasteiger partial charge in [-0.15, -0.1) is 0 Å². The summed E-state index contributed by atoms with van der Waals surface area (Å²) in [6.45, 7) is 10.5. The molecule has 2 aliphatic heterocycles. The minimum absolute atomic E-state index is 0.320. The molecule has 5 rings (SSSR count). The summed E-state index contributed by atoms with van der Waals surface area (Å²) in [5, 5.41) is 5.15. The number of fused-ring (bicyclic) bond motifs is 3. The molecule has 0 spiro atoms. The molecule has 3 aromatic rings. The third-order valence-corrected chi connectivity index (χ3v) is 7.57. The summed E-state index contributed by atoms with van der Waals surface area (Å²) in [5.74, 6) is 0. The number of likely N-dealkylation sites (tertiary alicyclic amines) is 1. The van der Waals surface area contributed by atoms with Gasteiger partial charge in [0, 0.05) is 41.9 Å². The summed E-state index contributed by atoms with van der Waals surface area (Å²) in [6, 6.07) is 19.0. The van der Waals surface area contributed by atoms with E-state index in [0.717, 1.165) is 13.0 Å². The van der Waals surface area contributed by atoms with Crippen LogP contribution < -0.4 is 5.32 Å². The molecular weight excluding hydrogens is 404 g/mol. The second-order valence-electron chi connectivity index (χ2n) is 10.0. The smallest absolute Gasteiger partial charge is 0.0757 e. The molecule has 2 aliphatic rings. The molecule has 1 unspecified atom stereocenters. The lowest BCUT2D eigenvalue weighted by molar-refractivity contribution is 0.159. The highest BCUT2D eigenvalue weighted by molar-refractivity contribution is 5.85. The molecule has 0 aliphatic carbocycles. The first-order chi connectivity index (χ1) is 16.3. The maximum atomic E-state index is 3.81. The Hall–Kier alpha value is -2.30. The number of aromatic nitrogens is 1. The highest BCUT2D eigenvalue weighted by Crippen LogP contribution is 2.38. The topological polar surface area (TPSA) is 34.3 Å². The van der Waals surface area contributed by atoms with Gasteiger partial charge in [-0.1, -0.05) is 63.4 Å². The van der Waals surface area contributed by atoms with Gasteiger partial charge in [-0.3, -0.25) is 9.80 Å². The standard InChI is InChI=1S/C29H40N4/c1-3-5-9-18-33-19-16-26-25-10-7-8-11-27(25)31-28(26)29(33)22-12-14-23(15-13-22)30-24-20-32(21-24)17-6-4-2/h7-8,10-15,24,29-31H,3-6,9,16-21H2,1-2H3. The summed E-state index contributed by atoms with van der Waals surface area (Å²) in [4.78, 5) is 9.07. The predicted molar refractivity (Wildman–Crippen MR) is 140 cm³/mol. The highest BCUT2D eigenvalue weighted by atomic mass is 15.2. The van der Waals surface area contributed by atoms with E-state index in [1.54, 1.807) is 0 Å². The van der Waals surface area contributed by atoms with E-state index in [-0.39, 0.29) is 0 Å². The number of unbranched alkanes of at least 4 members (excludes halogenated alkanes) is 3. The normalized spacial score (nSPS) is 19.5. The molecule has 2 aromatic carbocycles. The van der Waals surface area contributed by atoms with Crippen LogP contribution in [-0.4, -0.2) is 53.5 Å². The van der Waals surface area contributed by atoms with Crippen LogP contribution in [0, 0.1) is 0 Å². The summed E-state index contributed by atoms with van der Waals surface area (Å²) >= 11 is 0. The van der Waals surface area contributed by atoms with Gasteiger partial charge in [-0.2, -0.15) is 0 Å². The van der Waals surface area contributed by atoms with Crippen molar-refractivity contribution in [2.75, 3.05) is 38.0 Å². The van der Waals surface area contributed by atoms with Crippen LogP contribution in [0.3, 0.4) is 0 Å². The first kappa shape index (κ1) is 22.5. The molecule has 3 heterocycles. The van der Waals surface area contributed by atoms with Gasteiger partial charge < -0.3 is 10.3 Å². The minimum Gasteiger partial charge on any atom is -0.380 e. The van der Waals surface area contributed by atoms with Gasteiger partial charge in [-0.05, 0) is 61.7 Å². The molecule has 0 amide bonds. The summed E-state index contributed by atoms with van der Waals surface area (Å²) in [7, 11) is 0. The van der Waals surface area contributed by atoms with Crippen molar-refractivity contribution in [1.82, 2.24) is 14.8 Å². The zero-order chi connectivity index (χ0) is 22.6. The Morgan fingerprint density at radius 3 is 2.48 bits per heavy atom. The second kappa shape index (κ2) is 10.3. The van der Waals surface area contributed by atoms with Crippen molar-refractivity contribution in [1.29, 1.82) is 0 Å². The van der Waals surface area contributed by atoms with E-state index in [0.29, 0.717) is 12.1 Å². The SMILES string of the molecule is CCCCCN1CCc2c([nH]c3ccccc23)C1c1ccc(NC2CN(CCCC)C2)cc1. The van der Waals surface area contributed by atoms with Crippen LogP contribution in [0.15, 0.2) is 48.5 Å². The van der Waals surface area contributed by atoms with Crippen LogP contribution >= 0.6 is 0 Å². The van der Waals surface area contributed by atoms with E-state index in [1.165, 1.54) is 91.7 Å². The van der Waals surface area contributed by atoms with Crippen molar-refractivity contribution in [2.45, 2.75) is 64.5 Å². The monoisotopic (exact) mass is 444 g/mol. The lowest BCUT2D eigenvalue weighted by Gasteiger charge is -2.40. The largest absolute Gasteiger partial charge is 0.380 e. The van der Waals surface area contributed by atoms with Crippen molar-refractivity contribution < 1.29 is 0 Å². The lowest BCUT2D eigenvalue weighted by Crippen LogP contribution is -2.54. The first-order valence-electron chi connectivity index (χ1n) is 13.2. The number of hydrogen-bond donors (Lipinski definition) is 2. The molecule has 0 bridgehead atoms. The molecule has 4 heteroatoms. The maximum Gasteiger partial charge on any atom is 0.0757 e. The van der Waals surface area contributed by atoms with Gasteiger partial charge in [0.05, 0.1) is 12.1 Å². The lowest BCUT2D eigenvalue weighted by atomic mass is 9.92. The fourth-order valence-electron chi connectivity index (χ4n) is 5.70. The Balaban J connectivity index is 1.34. The molecule has 0 radical (unpaired) electrons. The Kier molecular flexibility index (Phi) is 7.03. The summed E-state index contributed by atoms with van der Waals surface area (Å²) < 4.78 is 0. The Bertz CT molecular complexity index is 1030. The number of rotatable bonds is 10. The number of nitrogens with zero attached hydrogens (tertiary/aromatic N) is 2. The molecular formula is C29H40N4. The highest BCUT2D eigenvalue weighted by Gasteiger charge is 2.31. The first-order valence-corrected chi connectivity index (χ1v) is 13.2. The number of aromatic amines is 1. The van der Waals surface area contributed by atoms with Crippen molar-refractivity contribution in [3.63, 3.8) is 0 Å². The maximum absolute atomic E-state index is 3.81. The van der Waals surface area contributed by atoms with Gasteiger partial charge >= 0.3 is 0 Å². The number of anilines is 1. The fourth-order valence-corrected chi connectivity index (χ4v) is 5.70. The van der Waals surface area contributed by atoms with E-state index >= 15 is 0 Å². The third-order valence-electron chi connectivity index (χ3n) is 7.57. The van der Waals surface area contributed by atoms with Crippen molar-refractivity contribution in [3.8, 4) is 0 Å². The van der Waals surface area contributed by atoms with Gasteiger partial charge in [0.1, 0.15) is 0 Å². The van der Waals surface area contributed by atoms with Gasteiger partial charge in [0.2, 0.25) is 0 Å². The molecule has 33 heavy (non-hydrogen) atoms. The zero-order valence-corrected chi connectivity index (χ0v) is 20.4. The molecule has 176 valence electrons. The van der Waals surface area contributed by atoms with E-state index in [4.69, 9.17) is 0 Å². The molecule has 1 saturated heterocycles. The van der Waals surface area contributed by atoms with Gasteiger partial charge in [0.25, 0.3) is 0 Å². The van der Waals surface area contributed by atoms with Crippen LogP contribution in [0.25, 0.3) is 10.9 Å². The molecule has 4 nitrogen and oxygen atoms in total. The van der Waals surface area contributed by atoms with Gasteiger partial charge in [0.15, 0.2) is 0 Å². The Labute approximate surface area is 199 Å². The molecule has 0 saturated carbocycles. The third kappa shape index (κ3) is 4.83. The summed E-state index contributed by atoms with van der Waals surface area (Å²) in [6.07, 6.45) is 7.59. The van der Waals surface area contributed by atoms with Crippen molar-refractivity contribution >= 4 is 16.6 Å². The second-order valence-corrected chi connectivity index (χ2v) is 10.0. The van der Waals surface area contributed by atoms with E-state index < -0.39 is 0 Å². The van der Waals surface area contributed by atoms with E-state index in [1.807, 2.05) is 0 Å². The van der Waals surface area contributed by atoms with Crippen LogP contribution in [0.2, 0.25) is 0 Å². The van der Waals surface area contributed by atoms with Crippen LogP contribution in [0.5, 0.6) is 0 Å². The van der Waals surface area contributed by atoms with Crippen molar-refractivity contribution in [3.05, 3.63) is 65.4 Å². The number of benzene rings is 2. The van der Waals surface area contributed by atoms with Gasteiger partial charge in [-0.25, -0.2) is 0 Å². The van der Waals surface area contributed by atoms with E-state index in [2.05, 4.69) is 82.5 Å². The molecule has 1 aromatic heterocycles. The molecule has 1 atom stereocenters. The average molecular weight is 445 g/mol. The average Bonchev–Trinajstić information content (AvgIpc) is 3.19. The number of nitrogens with one attached hydrogen (secondary N) is 2. The molecule has 1 fully saturated rings. The van der Waals surface area contributed by atoms with Crippen molar-refractivity contribution in [2.24, 2.45) is 0 Å². The van der Waals surface area contributed by atoms with Crippen LogP contribution in [0.4, 0.5) is 5.69 Å². The quantitative estimate of drug-likeness (QED) is 0.365. The number of para-hydroxylation sites is 1. The number of hydrogen-bond acceptors (Lipinski definition) is 3. The van der Waals surface area contributed by atoms with Crippen LogP contribution in [0.1, 0.15) is 68.8 Å². The predicted octanol–water partition coefficient (Wildman–Crippen LogP) is 6.20. The zero-order valence-electron chi connectivity index (χ0n) is 20.4. The Morgan fingerprint density at radius 2 is 1.70 bits per heavy atom.